The fourth-order valence-corrected chi connectivity index (χ4v) is 4.34. The molecule has 1 aromatic carbocycles. The predicted octanol–water partition coefficient (Wildman–Crippen LogP) is 3.99. The van der Waals surface area contributed by atoms with Crippen molar-refractivity contribution in [3.05, 3.63) is 54.7 Å². The summed E-state index contributed by atoms with van der Waals surface area (Å²) < 4.78 is 49.3. The van der Waals surface area contributed by atoms with Crippen LogP contribution in [0.5, 0.6) is 11.6 Å². The van der Waals surface area contributed by atoms with Crippen LogP contribution >= 0.6 is 0 Å². The van der Waals surface area contributed by atoms with E-state index in [0.717, 1.165) is 38.3 Å². The molecule has 3 heterocycles. The number of sulfone groups is 1. The van der Waals surface area contributed by atoms with Gasteiger partial charge in [0.15, 0.2) is 9.84 Å². The number of hydrogen-bond donors (Lipinski definition) is 1. The topological polar surface area (TPSA) is 107 Å². The molecule has 0 saturated carbocycles. The van der Waals surface area contributed by atoms with Crippen LogP contribution in [0.15, 0.2) is 53.8 Å². The Bertz CT molecular complexity index is 1260. The molecule has 0 aliphatic carbocycles. The van der Waals surface area contributed by atoms with E-state index in [4.69, 9.17) is 9.47 Å². The molecule has 9 nitrogen and oxygen atoms in total. The Balaban J connectivity index is 1.34. The van der Waals surface area contributed by atoms with Gasteiger partial charge in [-0.3, -0.25) is 0 Å². The molecular weight excluding hydrogens is 473 g/mol. The molecule has 0 amide bonds. The van der Waals surface area contributed by atoms with Crippen molar-refractivity contribution in [2.24, 2.45) is 0 Å². The first-order chi connectivity index (χ1) is 16.7. The highest BCUT2D eigenvalue weighted by Gasteiger charge is 2.22. The van der Waals surface area contributed by atoms with Gasteiger partial charge in [0.05, 0.1) is 22.9 Å². The lowest BCUT2D eigenvalue weighted by atomic mass is 10.1. The normalized spacial score (nSPS) is 14.7. The average Bonchev–Trinajstić information content (AvgIpc) is 2.81. The van der Waals surface area contributed by atoms with Crippen molar-refractivity contribution in [3.8, 4) is 11.6 Å². The zero-order chi connectivity index (χ0) is 25.0. The Morgan fingerprint density at radius 2 is 1.86 bits per heavy atom. The molecule has 1 saturated heterocycles. The van der Waals surface area contributed by atoms with Crippen molar-refractivity contribution < 1.29 is 22.3 Å². The molecule has 0 atom stereocenters. The molecule has 186 valence electrons. The van der Waals surface area contributed by atoms with Crippen LogP contribution in [0.2, 0.25) is 0 Å². The fraction of sp³-hybridized carbons (Fsp3) is 0.375. The number of nitrogens with one attached hydrogen (secondary N) is 1. The minimum atomic E-state index is -3.49. The first-order valence-corrected chi connectivity index (χ1v) is 13.2. The Morgan fingerprint density at radius 3 is 2.49 bits per heavy atom. The molecule has 35 heavy (non-hydrogen) atoms. The lowest BCUT2D eigenvalue weighted by Gasteiger charge is -2.32. The Kier molecular flexibility index (Phi) is 7.34. The van der Waals surface area contributed by atoms with E-state index < -0.39 is 15.7 Å². The summed E-state index contributed by atoms with van der Waals surface area (Å²) >= 11 is 0. The summed E-state index contributed by atoms with van der Waals surface area (Å²) in [5.41, 5.74) is 0.131. The first kappa shape index (κ1) is 24.6. The summed E-state index contributed by atoms with van der Waals surface area (Å²) in [6.07, 6.45) is 5.82. The van der Waals surface area contributed by atoms with Crippen LogP contribution in [0.1, 0.15) is 26.7 Å². The molecule has 11 heteroatoms. The van der Waals surface area contributed by atoms with E-state index in [0.29, 0.717) is 23.3 Å². The summed E-state index contributed by atoms with van der Waals surface area (Å²) in [4.78, 5) is 14.9. The van der Waals surface area contributed by atoms with Crippen LogP contribution in [0, 0.1) is 5.82 Å². The molecule has 1 aliphatic rings. The predicted molar refractivity (Wildman–Crippen MR) is 131 cm³/mol. The van der Waals surface area contributed by atoms with Crippen molar-refractivity contribution in [2.45, 2.75) is 43.8 Å². The third-order valence-electron chi connectivity index (χ3n) is 5.42. The van der Waals surface area contributed by atoms with E-state index >= 15 is 0 Å². The lowest BCUT2D eigenvalue weighted by molar-refractivity contribution is 0.163. The summed E-state index contributed by atoms with van der Waals surface area (Å²) in [6.45, 7) is 5.39. The van der Waals surface area contributed by atoms with Crippen molar-refractivity contribution in [2.75, 3.05) is 29.6 Å². The molecule has 4 rings (SSSR count). The largest absolute Gasteiger partial charge is 0.489 e. The second-order valence-corrected chi connectivity index (χ2v) is 10.6. The van der Waals surface area contributed by atoms with Crippen LogP contribution in [0.4, 0.5) is 21.7 Å². The number of benzene rings is 1. The molecule has 2 aromatic heterocycles. The van der Waals surface area contributed by atoms with E-state index in [1.165, 1.54) is 18.5 Å². The van der Waals surface area contributed by atoms with Crippen LogP contribution in [-0.2, 0) is 9.84 Å². The number of nitrogens with zero attached hydrogens (tertiary/aromatic N) is 4. The number of hydrogen-bond acceptors (Lipinski definition) is 9. The van der Waals surface area contributed by atoms with Crippen LogP contribution in [0.3, 0.4) is 0 Å². The minimum Gasteiger partial charge on any atom is -0.489 e. The monoisotopic (exact) mass is 501 g/mol. The molecule has 0 unspecified atom stereocenters. The van der Waals surface area contributed by atoms with Gasteiger partial charge in [0, 0.05) is 44.3 Å². The smallest absolute Gasteiger partial charge is 0.213 e. The standard InChI is InChI=1S/C24H28FN5O4S/c1-16(2)33-18-4-7-24(26-14-18)34-17-8-10-30(11-9-17)23-13-22(27-15-28-23)29-21-6-5-19(12-20(21)25)35(3,31)32/h4-7,12-17H,8-11H2,1-3H3,(H,27,28,29). The summed E-state index contributed by atoms with van der Waals surface area (Å²) in [5.74, 6) is 1.72. The lowest BCUT2D eigenvalue weighted by Crippen LogP contribution is -2.38. The zero-order valence-corrected chi connectivity index (χ0v) is 20.6. The molecule has 3 aromatic rings. The van der Waals surface area contributed by atoms with E-state index in [-0.39, 0.29) is 22.8 Å². The summed E-state index contributed by atoms with van der Waals surface area (Å²) in [7, 11) is -3.49. The SMILES string of the molecule is CC(C)Oc1ccc(OC2CCN(c3cc(Nc4ccc(S(C)(=O)=O)cc4F)ncn3)CC2)nc1. The van der Waals surface area contributed by atoms with Crippen molar-refractivity contribution >= 4 is 27.2 Å². The molecule has 0 spiro atoms. The molecular formula is C24H28FN5O4S. The number of rotatable bonds is 8. The fourth-order valence-electron chi connectivity index (χ4n) is 3.71. The highest BCUT2D eigenvalue weighted by Crippen LogP contribution is 2.26. The van der Waals surface area contributed by atoms with Gasteiger partial charge in [0.1, 0.15) is 35.6 Å². The van der Waals surface area contributed by atoms with Crippen molar-refractivity contribution in [3.63, 3.8) is 0 Å². The molecule has 0 radical (unpaired) electrons. The van der Waals surface area contributed by atoms with Gasteiger partial charge in [-0.15, -0.1) is 0 Å². The van der Waals surface area contributed by atoms with Gasteiger partial charge in [-0.1, -0.05) is 0 Å². The van der Waals surface area contributed by atoms with E-state index in [9.17, 15) is 12.8 Å². The number of pyridine rings is 1. The van der Waals surface area contributed by atoms with Gasteiger partial charge < -0.3 is 19.7 Å². The first-order valence-electron chi connectivity index (χ1n) is 11.3. The highest BCUT2D eigenvalue weighted by molar-refractivity contribution is 7.90. The highest BCUT2D eigenvalue weighted by atomic mass is 32.2. The number of aromatic nitrogens is 3. The Labute approximate surface area is 204 Å². The van der Waals surface area contributed by atoms with Gasteiger partial charge in [-0.25, -0.2) is 27.8 Å². The third kappa shape index (κ3) is 6.56. The van der Waals surface area contributed by atoms with E-state index in [1.54, 1.807) is 12.3 Å². The van der Waals surface area contributed by atoms with Crippen molar-refractivity contribution in [1.29, 1.82) is 0 Å². The average molecular weight is 502 g/mol. The molecule has 1 aliphatic heterocycles. The van der Waals surface area contributed by atoms with Crippen LogP contribution in [0.25, 0.3) is 0 Å². The van der Waals surface area contributed by atoms with Crippen molar-refractivity contribution in [1.82, 2.24) is 15.0 Å². The second kappa shape index (κ2) is 10.4. The Hall–Kier alpha value is -3.47. The molecule has 1 fully saturated rings. The molecule has 0 bridgehead atoms. The maximum atomic E-state index is 14.4. The Morgan fingerprint density at radius 1 is 1.09 bits per heavy atom. The number of piperidine rings is 1. The zero-order valence-electron chi connectivity index (χ0n) is 19.8. The van der Waals surface area contributed by atoms with Crippen LogP contribution in [-0.4, -0.2) is 54.9 Å². The third-order valence-corrected chi connectivity index (χ3v) is 6.53. The maximum Gasteiger partial charge on any atom is 0.213 e. The quantitative estimate of drug-likeness (QED) is 0.490. The number of halogens is 1. The number of ether oxygens (including phenoxy) is 2. The van der Waals surface area contributed by atoms with E-state index in [2.05, 4.69) is 25.2 Å². The minimum absolute atomic E-state index is 0.0394. The van der Waals surface area contributed by atoms with Crippen LogP contribution < -0.4 is 19.7 Å². The summed E-state index contributed by atoms with van der Waals surface area (Å²) in [6, 6.07) is 9.13. The van der Waals surface area contributed by atoms with Gasteiger partial charge in [-0.2, -0.15) is 0 Å². The van der Waals surface area contributed by atoms with Gasteiger partial charge in [-0.05, 0) is 38.1 Å². The second-order valence-electron chi connectivity index (χ2n) is 8.60. The van der Waals surface area contributed by atoms with Gasteiger partial charge in [0.25, 0.3) is 0 Å². The van der Waals surface area contributed by atoms with E-state index in [1.807, 2.05) is 26.0 Å². The van der Waals surface area contributed by atoms with Gasteiger partial charge in [0.2, 0.25) is 5.88 Å². The maximum absolute atomic E-state index is 14.4. The molecule has 1 N–H and O–H groups in total. The van der Waals surface area contributed by atoms with Gasteiger partial charge >= 0.3 is 0 Å². The summed E-state index contributed by atoms with van der Waals surface area (Å²) in [5, 5.41) is 2.90. The number of anilines is 3.